The summed E-state index contributed by atoms with van der Waals surface area (Å²) in [5, 5.41) is 8.24. The van der Waals surface area contributed by atoms with E-state index < -0.39 is 11.9 Å². The van der Waals surface area contributed by atoms with E-state index in [2.05, 4.69) is 20.7 Å². The average molecular weight is 282 g/mol. The zero-order valence-electron chi connectivity index (χ0n) is 10.9. The number of carbonyl (C=O) groups is 2. The molecule has 0 bridgehead atoms. The van der Waals surface area contributed by atoms with Crippen molar-refractivity contribution in [1.82, 2.24) is 10.2 Å². The Labute approximate surface area is 120 Å². The molecule has 104 valence electrons. The molecule has 0 radical (unpaired) electrons. The summed E-state index contributed by atoms with van der Waals surface area (Å²) in [7, 11) is 0. The van der Waals surface area contributed by atoms with Gasteiger partial charge in [-0.05, 0) is 24.3 Å². The molecule has 0 aliphatic carbocycles. The molecule has 0 aliphatic heterocycles. The van der Waals surface area contributed by atoms with Crippen LogP contribution in [0.15, 0.2) is 59.7 Å². The number of hydrogen-bond acceptors (Lipinski definition) is 4. The van der Waals surface area contributed by atoms with E-state index in [1.807, 2.05) is 6.07 Å². The van der Waals surface area contributed by atoms with Gasteiger partial charge in [-0.3, -0.25) is 10.1 Å². The van der Waals surface area contributed by atoms with Gasteiger partial charge in [-0.2, -0.15) is 0 Å². The number of hydrogen-bond donors (Lipinski definition) is 3. The quantitative estimate of drug-likeness (QED) is 0.594. The summed E-state index contributed by atoms with van der Waals surface area (Å²) >= 11 is 0. The maximum atomic E-state index is 12.0. The normalized spacial score (nSPS) is 9.33. The lowest BCUT2D eigenvalue weighted by Crippen LogP contribution is -2.34. The molecule has 0 spiro atoms. The third kappa shape index (κ3) is 3.82. The van der Waals surface area contributed by atoms with Crippen molar-refractivity contribution in [3.05, 3.63) is 60.2 Å². The van der Waals surface area contributed by atoms with Crippen molar-refractivity contribution in [2.45, 2.75) is 0 Å². The minimum absolute atomic E-state index is 0.164. The monoisotopic (exact) mass is 282 g/mol. The van der Waals surface area contributed by atoms with Gasteiger partial charge in [-0.1, -0.05) is 30.3 Å². The van der Waals surface area contributed by atoms with Crippen LogP contribution in [0.2, 0.25) is 0 Å². The van der Waals surface area contributed by atoms with E-state index in [1.54, 1.807) is 36.4 Å². The number of imide groups is 1. The molecule has 2 rings (SSSR count). The molecule has 2 aromatic rings. The van der Waals surface area contributed by atoms with E-state index in [9.17, 15) is 9.59 Å². The summed E-state index contributed by atoms with van der Waals surface area (Å²) in [6.45, 7) is 0. The van der Waals surface area contributed by atoms with Gasteiger partial charge in [-0.25, -0.2) is 4.79 Å². The first-order valence-corrected chi connectivity index (χ1v) is 6.04. The van der Waals surface area contributed by atoms with Gasteiger partial charge in [0.2, 0.25) is 4.91 Å². The summed E-state index contributed by atoms with van der Waals surface area (Å²) in [6, 6.07) is 14.4. The second kappa shape index (κ2) is 6.74. The number of nitrogens with one attached hydrogen (secondary N) is 3. The number of nitrogens with zero attached hydrogens (tertiary/aromatic N) is 2. The van der Waals surface area contributed by atoms with Gasteiger partial charge < -0.3 is 5.32 Å². The van der Waals surface area contributed by atoms with Crippen molar-refractivity contribution >= 4 is 23.3 Å². The van der Waals surface area contributed by atoms with Crippen molar-refractivity contribution in [1.29, 1.82) is 5.53 Å². The Morgan fingerprint density at radius 3 is 2.38 bits per heavy atom. The Morgan fingerprint density at radius 2 is 1.67 bits per heavy atom. The molecule has 0 fully saturated rings. The van der Waals surface area contributed by atoms with Gasteiger partial charge in [0.15, 0.2) is 10.8 Å². The molecule has 0 aliphatic rings. The second-order valence-electron chi connectivity index (χ2n) is 3.99. The fourth-order valence-electron chi connectivity index (χ4n) is 1.66. The van der Waals surface area contributed by atoms with Crippen LogP contribution in [0.3, 0.4) is 0 Å². The van der Waals surface area contributed by atoms with Crippen molar-refractivity contribution in [3.63, 3.8) is 0 Å². The molecule has 7 heteroatoms. The highest BCUT2D eigenvalue weighted by Gasteiger charge is 2.16. The Balaban J connectivity index is 2.08. The number of urea groups is 1. The maximum absolute atomic E-state index is 12.0. The minimum Gasteiger partial charge on any atom is -0.308 e. The molecule has 7 nitrogen and oxygen atoms in total. The summed E-state index contributed by atoms with van der Waals surface area (Å²) in [5.41, 5.74) is 7.67. The van der Waals surface area contributed by atoms with Gasteiger partial charge in [0, 0.05) is 5.69 Å². The van der Waals surface area contributed by atoms with E-state index in [1.165, 1.54) is 12.1 Å². The van der Waals surface area contributed by atoms with Gasteiger partial charge in [0.1, 0.15) is 5.53 Å². The average Bonchev–Trinajstić information content (AvgIpc) is 2.49. The molecular formula is C14H12N5O2+. The first-order chi connectivity index (χ1) is 10.2. The van der Waals surface area contributed by atoms with E-state index in [-0.39, 0.29) is 11.3 Å². The number of amides is 3. The van der Waals surface area contributed by atoms with Crippen molar-refractivity contribution < 1.29 is 9.59 Å². The smallest absolute Gasteiger partial charge is 0.308 e. The third-order valence-electron chi connectivity index (χ3n) is 2.57. The van der Waals surface area contributed by atoms with Crippen LogP contribution in [-0.4, -0.2) is 11.9 Å². The predicted molar refractivity (Wildman–Crippen MR) is 76.3 cm³/mol. The molecular weight excluding hydrogens is 270 g/mol. The van der Waals surface area contributed by atoms with Crippen LogP contribution in [-0.2, 0) is 0 Å². The van der Waals surface area contributed by atoms with Crippen LogP contribution >= 0.6 is 0 Å². The molecule has 0 aromatic heterocycles. The molecule has 2 aromatic carbocycles. The fraction of sp³-hybridized carbons (Fsp3) is 0. The van der Waals surface area contributed by atoms with Gasteiger partial charge >= 0.3 is 6.03 Å². The van der Waals surface area contributed by atoms with Gasteiger partial charge in [0.05, 0.1) is 5.56 Å². The van der Waals surface area contributed by atoms with E-state index in [0.717, 1.165) is 0 Å². The van der Waals surface area contributed by atoms with Gasteiger partial charge in [0.25, 0.3) is 5.91 Å². The standard InChI is InChI=1S/C14H11N5O2/c15-19-18-12-9-5-4-8-11(12)13(20)17-14(21)16-10-6-2-1-3-7-10/h1-9,15H,(H-,16,17,20,21)/p+1. The molecule has 0 saturated carbocycles. The topological polar surface area (TPSA) is 109 Å². The van der Waals surface area contributed by atoms with Crippen LogP contribution in [0, 0.1) is 5.53 Å². The largest absolute Gasteiger partial charge is 0.326 e. The van der Waals surface area contributed by atoms with Crippen molar-refractivity contribution in [2.75, 3.05) is 5.32 Å². The first kappa shape index (κ1) is 14.1. The Morgan fingerprint density at radius 1 is 1.00 bits per heavy atom. The second-order valence-corrected chi connectivity index (χ2v) is 3.99. The van der Waals surface area contributed by atoms with E-state index >= 15 is 0 Å². The first-order valence-electron chi connectivity index (χ1n) is 6.04. The number of carbonyl (C=O) groups excluding carboxylic acids is 2. The Kier molecular flexibility index (Phi) is 4.53. The SMILES string of the molecule is N=[N+]=Nc1ccccc1C(=O)NC(=O)Nc1ccccc1. The number of anilines is 1. The molecule has 0 unspecified atom stereocenters. The lowest BCUT2D eigenvalue weighted by atomic mass is 10.2. The highest BCUT2D eigenvalue weighted by Crippen LogP contribution is 2.17. The van der Waals surface area contributed by atoms with E-state index in [0.29, 0.717) is 5.69 Å². The Hall–Kier alpha value is -3.31. The third-order valence-corrected chi connectivity index (χ3v) is 2.57. The molecule has 3 N–H and O–H groups in total. The van der Waals surface area contributed by atoms with Crippen LogP contribution < -0.4 is 15.5 Å². The van der Waals surface area contributed by atoms with Crippen molar-refractivity contribution in [2.24, 2.45) is 5.11 Å². The molecule has 0 atom stereocenters. The lowest BCUT2D eigenvalue weighted by Gasteiger charge is -2.06. The van der Waals surface area contributed by atoms with Crippen LogP contribution in [0.1, 0.15) is 10.4 Å². The van der Waals surface area contributed by atoms with Crippen molar-refractivity contribution in [3.8, 4) is 0 Å². The van der Waals surface area contributed by atoms with Crippen LogP contribution in [0.4, 0.5) is 16.2 Å². The fourth-order valence-corrected chi connectivity index (χ4v) is 1.66. The summed E-state index contributed by atoms with van der Waals surface area (Å²) in [4.78, 5) is 26.6. The minimum atomic E-state index is -0.649. The molecule has 0 saturated heterocycles. The van der Waals surface area contributed by atoms with E-state index in [4.69, 9.17) is 5.53 Å². The summed E-state index contributed by atoms with van der Waals surface area (Å²) in [6.07, 6.45) is 0. The molecule has 0 heterocycles. The highest BCUT2D eigenvalue weighted by molar-refractivity contribution is 6.10. The van der Waals surface area contributed by atoms with Gasteiger partial charge in [-0.15, -0.1) is 0 Å². The summed E-state index contributed by atoms with van der Waals surface area (Å²) < 4.78 is 0. The number of rotatable bonds is 3. The summed E-state index contributed by atoms with van der Waals surface area (Å²) in [5.74, 6) is -0.619. The van der Waals surface area contributed by atoms with Crippen LogP contribution in [0.25, 0.3) is 0 Å². The predicted octanol–water partition coefficient (Wildman–Crippen LogP) is 2.83. The number of para-hydroxylation sites is 1. The molecule has 21 heavy (non-hydrogen) atoms. The zero-order valence-corrected chi connectivity index (χ0v) is 10.9. The number of benzene rings is 2. The zero-order chi connectivity index (χ0) is 15.1. The highest BCUT2D eigenvalue weighted by atomic mass is 16.2. The Bertz CT molecular complexity index is 708. The van der Waals surface area contributed by atoms with Crippen LogP contribution in [0.5, 0.6) is 0 Å². The molecule has 3 amide bonds. The lowest BCUT2D eigenvalue weighted by molar-refractivity contribution is 0.0968. The maximum Gasteiger partial charge on any atom is 0.326 e.